The number of nitrogens with zero attached hydrogens (tertiary/aromatic N) is 1. The van der Waals surface area contributed by atoms with E-state index in [0.717, 1.165) is 11.3 Å². The lowest BCUT2D eigenvalue weighted by Crippen LogP contribution is -2.50. The van der Waals surface area contributed by atoms with Gasteiger partial charge in [-0.1, -0.05) is 5.16 Å². The highest BCUT2D eigenvalue weighted by atomic mass is 32.1. The first kappa shape index (κ1) is 19.7. The summed E-state index contributed by atoms with van der Waals surface area (Å²) in [5.41, 5.74) is 5.78. The van der Waals surface area contributed by atoms with Crippen LogP contribution in [0, 0.1) is 0 Å². The van der Waals surface area contributed by atoms with Crippen molar-refractivity contribution < 1.29 is 19.1 Å². The maximum absolute atomic E-state index is 11.6. The zero-order chi connectivity index (χ0) is 17.8. The van der Waals surface area contributed by atoms with Crippen molar-refractivity contribution in [3.05, 3.63) is 29.8 Å². The summed E-state index contributed by atoms with van der Waals surface area (Å²) in [7, 11) is 3.19. The number of amides is 1. The normalized spacial score (nSPS) is 11.6. The van der Waals surface area contributed by atoms with Crippen LogP contribution in [-0.4, -0.2) is 50.7 Å². The number of oxime groups is 1. The third-order valence-corrected chi connectivity index (χ3v) is 2.92. The Morgan fingerprint density at radius 2 is 2.00 bits per heavy atom. The van der Waals surface area contributed by atoms with Crippen molar-refractivity contribution in [2.24, 2.45) is 5.16 Å². The highest BCUT2D eigenvalue weighted by Gasteiger charge is 2.05. The van der Waals surface area contributed by atoms with Crippen molar-refractivity contribution >= 4 is 29.5 Å². The van der Waals surface area contributed by atoms with Crippen LogP contribution in [0.15, 0.2) is 29.4 Å². The third kappa shape index (κ3) is 8.30. The molecule has 0 unspecified atom stereocenters. The van der Waals surface area contributed by atoms with E-state index in [1.54, 1.807) is 26.4 Å². The quantitative estimate of drug-likeness (QED) is 0.357. The fourth-order valence-corrected chi connectivity index (χ4v) is 1.85. The average Bonchev–Trinajstić information content (AvgIpc) is 2.57. The Morgan fingerprint density at radius 3 is 2.62 bits per heavy atom. The Bertz CT molecular complexity index is 551. The highest BCUT2D eigenvalue weighted by Crippen LogP contribution is 2.09. The molecule has 0 bridgehead atoms. The topological polar surface area (TPSA) is 93.2 Å². The predicted molar refractivity (Wildman–Crippen MR) is 94.9 cm³/mol. The molecule has 1 atom stereocenters. The largest absolute Gasteiger partial charge is 0.497 e. The van der Waals surface area contributed by atoms with E-state index in [4.69, 9.17) is 26.5 Å². The van der Waals surface area contributed by atoms with Crippen LogP contribution >= 0.6 is 12.2 Å². The summed E-state index contributed by atoms with van der Waals surface area (Å²) in [6.07, 6.45) is 1.50. The SMILES string of the molecule is COC[C@@H](C)NC(=S)NNC(=O)CO/N=C\c1ccc(OC)cc1. The monoisotopic (exact) mass is 354 g/mol. The van der Waals surface area contributed by atoms with Crippen molar-refractivity contribution in [1.82, 2.24) is 16.2 Å². The minimum absolute atomic E-state index is 0.0252. The molecule has 0 spiro atoms. The molecule has 0 aliphatic carbocycles. The number of hydrogen-bond donors (Lipinski definition) is 3. The van der Waals surface area contributed by atoms with Gasteiger partial charge >= 0.3 is 0 Å². The van der Waals surface area contributed by atoms with Gasteiger partial charge in [-0.3, -0.25) is 15.6 Å². The van der Waals surface area contributed by atoms with Crippen molar-refractivity contribution in [3.63, 3.8) is 0 Å². The summed E-state index contributed by atoms with van der Waals surface area (Å²) in [6, 6.07) is 7.27. The lowest BCUT2D eigenvalue weighted by atomic mass is 10.2. The number of carbonyl (C=O) groups excluding carboxylic acids is 1. The molecular formula is C15H22N4O4S. The molecule has 132 valence electrons. The standard InChI is InChI=1S/C15H22N4O4S/c1-11(9-21-2)17-15(24)19-18-14(20)10-23-16-8-12-4-6-13(22-3)7-5-12/h4-8,11H,9-10H2,1-3H3,(H,18,20)(H2,17,19,24)/b16-8-/t11-/m1/s1. The summed E-state index contributed by atoms with van der Waals surface area (Å²) >= 11 is 5.01. The lowest BCUT2D eigenvalue weighted by molar-refractivity contribution is -0.126. The second-order valence-electron chi connectivity index (χ2n) is 4.78. The smallest absolute Gasteiger partial charge is 0.279 e. The van der Waals surface area contributed by atoms with Gasteiger partial charge in [-0.15, -0.1) is 0 Å². The van der Waals surface area contributed by atoms with Crippen LogP contribution < -0.4 is 20.9 Å². The molecule has 0 saturated heterocycles. The first-order valence-electron chi connectivity index (χ1n) is 7.18. The van der Waals surface area contributed by atoms with E-state index in [0.29, 0.717) is 6.61 Å². The van der Waals surface area contributed by atoms with Gasteiger partial charge < -0.3 is 19.6 Å². The van der Waals surface area contributed by atoms with Crippen LogP contribution in [-0.2, 0) is 14.4 Å². The second kappa shape index (κ2) is 11.2. The Balaban J connectivity index is 2.21. The maximum Gasteiger partial charge on any atom is 0.279 e. The molecule has 1 aromatic rings. The number of benzene rings is 1. The molecule has 0 fully saturated rings. The number of thiocarbonyl (C=S) groups is 1. The Labute approximate surface area is 146 Å². The summed E-state index contributed by atoms with van der Waals surface area (Å²) in [5, 5.41) is 6.94. The molecule has 8 nitrogen and oxygen atoms in total. The van der Waals surface area contributed by atoms with E-state index in [1.165, 1.54) is 6.21 Å². The number of rotatable bonds is 8. The van der Waals surface area contributed by atoms with Crippen LogP contribution in [0.4, 0.5) is 0 Å². The van der Waals surface area contributed by atoms with Crippen molar-refractivity contribution in [1.29, 1.82) is 0 Å². The number of hydrazine groups is 1. The van der Waals surface area contributed by atoms with Crippen molar-refractivity contribution in [3.8, 4) is 5.75 Å². The molecule has 0 heterocycles. The minimum atomic E-state index is -0.412. The number of ether oxygens (including phenoxy) is 2. The van der Waals surface area contributed by atoms with Gasteiger partial charge in [0.15, 0.2) is 11.7 Å². The third-order valence-electron chi connectivity index (χ3n) is 2.70. The van der Waals surface area contributed by atoms with E-state index >= 15 is 0 Å². The molecule has 1 aromatic carbocycles. The molecule has 0 aromatic heterocycles. The van der Waals surface area contributed by atoms with E-state index in [1.807, 2.05) is 19.1 Å². The number of carbonyl (C=O) groups is 1. The predicted octanol–water partition coefficient (Wildman–Crippen LogP) is 0.576. The molecule has 9 heteroatoms. The van der Waals surface area contributed by atoms with E-state index in [2.05, 4.69) is 21.3 Å². The molecule has 24 heavy (non-hydrogen) atoms. The molecule has 3 N–H and O–H groups in total. The Morgan fingerprint density at radius 1 is 1.29 bits per heavy atom. The van der Waals surface area contributed by atoms with E-state index in [9.17, 15) is 4.79 Å². The second-order valence-corrected chi connectivity index (χ2v) is 5.19. The first-order valence-corrected chi connectivity index (χ1v) is 7.59. The zero-order valence-corrected chi connectivity index (χ0v) is 14.7. The van der Waals surface area contributed by atoms with Crippen LogP contribution in [0.5, 0.6) is 5.75 Å². The van der Waals surface area contributed by atoms with Crippen LogP contribution in [0.1, 0.15) is 12.5 Å². The minimum Gasteiger partial charge on any atom is -0.497 e. The molecule has 0 aliphatic rings. The molecule has 0 saturated carbocycles. The van der Waals surface area contributed by atoms with Crippen LogP contribution in [0.25, 0.3) is 0 Å². The summed E-state index contributed by atoms with van der Waals surface area (Å²) < 4.78 is 10.0. The Kier molecular flexibility index (Phi) is 9.17. The van der Waals surface area contributed by atoms with Gasteiger partial charge in [0.2, 0.25) is 0 Å². The summed E-state index contributed by atoms with van der Waals surface area (Å²) in [4.78, 5) is 16.5. The first-order chi connectivity index (χ1) is 11.5. The van der Waals surface area contributed by atoms with Gasteiger partial charge in [-0.05, 0) is 49.0 Å². The van der Waals surface area contributed by atoms with Gasteiger partial charge in [0, 0.05) is 13.2 Å². The lowest BCUT2D eigenvalue weighted by Gasteiger charge is -2.16. The summed E-state index contributed by atoms with van der Waals surface area (Å²) in [6.45, 7) is 2.16. The fourth-order valence-electron chi connectivity index (χ4n) is 1.60. The van der Waals surface area contributed by atoms with Crippen LogP contribution in [0.2, 0.25) is 0 Å². The average molecular weight is 354 g/mol. The fraction of sp³-hybridized carbons (Fsp3) is 0.400. The number of nitrogens with one attached hydrogen (secondary N) is 3. The van der Waals surface area contributed by atoms with Gasteiger partial charge in [0.25, 0.3) is 5.91 Å². The number of hydrogen-bond acceptors (Lipinski definition) is 6. The molecule has 0 aliphatic heterocycles. The molecule has 1 rings (SSSR count). The van der Waals surface area contributed by atoms with Crippen LogP contribution in [0.3, 0.4) is 0 Å². The molecule has 1 amide bonds. The summed E-state index contributed by atoms with van der Waals surface area (Å²) in [5.74, 6) is 0.341. The van der Waals surface area contributed by atoms with Crippen molar-refractivity contribution in [2.75, 3.05) is 27.4 Å². The van der Waals surface area contributed by atoms with E-state index < -0.39 is 5.91 Å². The van der Waals surface area contributed by atoms with Crippen molar-refractivity contribution in [2.45, 2.75) is 13.0 Å². The van der Waals surface area contributed by atoms with Gasteiger partial charge in [0.1, 0.15) is 5.75 Å². The Hall–Kier alpha value is -2.39. The molecular weight excluding hydrogens is 332 g/mol. The maximum atomic E-state index is 11.6. The van der Waals surface area contributed by atoms with Gasteiger partial charge in [-0.25, -0.2) is 0 Å². The number of methoxy groups -OCH3 is 2. The van der Waals surface area contributed by atoms with Gasteiger partial charge in [-0.2, -0.15) is 0 Å². The molecule has 0 radical (unpaired) electrons. The van der Waals surface area contributed by atoms with Gasteiger partial charge in [0.05, 0.1) is 19.9 Å². The zero-order valence-electron chi connectivity index (χ0n) is 13.9. The van der Waals surface area contributed by atoms with E-state index in [-0.39, 0.29) is 17.8 Å². The highest BCUT2D eigenvalue weighted by molar-refractivity contribution is 7.80.